The lowest BCUT2D eigenvalue weighted by Gasteiger charge is -2.30. The molecule has 1 aromatic carbocycles. The number of carbonyl (C=O) groups excluding carboxylic acids is 1. The fraction of sp³-hybridized carbons (Fsp3) is 0.600. The molecule has 3 aliphatic rings. The van der Waals surface area contributed by atoms with Gasteiger partial charge in [0.25, 0.3) is 0 Å². The van der Waals surface area contributed by atoms with Crippen molar-refractivity contribution in [2.75, 3.05) is 20.3 Å². The van der Waals surface area contributed by atoms with Crippen LogP contribution in [-0.2, 0) is 9.53 Å². The highest BCUT2D eigenvalue weighted by Gasteiger charge is 2.35. The van der Waals surface area contributed by atoms with Gasteiger partial charge in [-0.1, -0.05) is 0 Å². The molecule has 2 unspecified atom stereocenters. The molecule has 36 heavy (non-hydrogen) atoms. The first-order valence-corrected chi connectivity index (χ1v) is 12.9. The van der Waals surface area contributed by atoms with E-state index in [0.29, 0.717) is 54.4 Å². The minimum atomic E-state index is -0.705. The molecule has 0 aliphatic carbocycles. The number of ether oxygens (including phenoxy) is 1. The smallest absolute Gasteiger partial charge is 0.223 e. The molecule has 2 saturated heterocycles. The van der Waals surface area contributed by atoms with E-state index in [4.69, 9.17) is 16.3 Å². The number of hydrogen-bond donors (Lipinski definition) is 2. The van der Waals surface area contributed by atoms with E-state index in [0.717, 1.165) is 0 Å². The third-order valence-electron chi connectivity index (χ3n) is 7.24. The fourth-order valence-electron chi connectivity index (χ4n) is 5.23. The molecule has 0 saturated carbocycles. The van der Waals surface area contributed by atoms with Gasteiger partial charge in [-0.05, 0) is 45.7 Å². The number of imidazole rings is 1. The van der Waals surface area contributed by atoms with Crippen molar-refractivity contribution in [3.63, 3.8) is 0 Å². The molecule has 5 rings (SSSR count). The molecule has 11 heteroatoms. The second kappa shape index (κ2) is 9.72. The zero-order valence-electron chi connectivity index (χ0n) is 20.9. The lowest BCUT2D eigenvalue weighted by Crippen LogP contribution is -2.48. The van der Waals surface area contributed by atoms with Crippen LogP contribution in [-0.4, -0.2) is 81.0 Å². The number of likely N-dealkylation sites (tertiary alicyclic amines) is 1. The molecule has 4 heterocycles. The van der Waals surface area contributed by atoms with E-state index in [2.05, 4.69) is 20.3 Å². The number of nitrogens with zero attached hydrogens (tertiary/aromatic N) is 5. The average molecular weight is 519 g/mol. The number of amides is 1. The predicted molar refractivity (Wildman–Crippen MR) is 136 cm³/mol. The van der Waals surface area contributed by atoms with Crippen LogP contribution in [0.3, 0.4) is 0 Å². The van der Waals surface area contributed by atoms with Crippen LogP contribution in [0.4, 0.5) is 4.39 Å². The maximum absolute atomic E-state index is 15.5. The van der Waals surface area contributed by atoms with Crippen LogP contribution >= 0.6 is 11.6 Å². The monoisotopic (exact) mass is 518 g/mol. The number of rotatable bonds is 4. The Morgan fingerprint density at radius 2 is 2.11 bits per heavy atom. The number of aliphatic hydroxyl groups is 1. The number of aliphatic hydroxyl groups excluding tert-OH is 1. The maximum atomic E-state index is 15.5. The molecule has 5 atom stereocenters. The van der Waals surface area contributed by atoms with E-state index in [9.17, 15) is 9.90 Å². The van der Waals surface area contributed by atoms with Gasteiger partial charge in [0.2, 0.25) is 11.9 Å². The Hall–Kier alpha value is -2.56. The second-order valence-electron chi connectivity index (χ2n) is 10.1. The number of benzene rings is 1. The summed E-state index contributed by atoms with van der Waals surface area (Å²) in [5.74, 6) is 0.646. The van der Waals surface area contributed by atoms with Crippen molar-refractivity contribution in [3.05, 3.63) is 29.3 Å². The topological polar surface area (TPSA) is 104 Å². The van der Waals surface area contributed by atoms with Crippen LogP contribution in [0.1, 0.15) is 63.5 Å². The molecular formula is C25H32ClFN6O3. The predicted octanol–water partition coefficient (Wildman–Crippen LogP) is 2.94. The van der Waals surface area contributed by atoms with Crippen molar-refractivity contribution in [2.24, 2.45) is 9.98 Å². The van der Waals surface area contributed by atoms with Gasteiger partial charge in [-0.25, -0.2) is 19.4 Å². The van der Waals surface area contributed by atoms with E-state index in [1.165, 1.54) is 6.07 Å². The number of aliphatic imine (C=N–C) groups is 2. The molecule has 2 N–H and O–H groups in total. The quantitative estimate of drug-likeness (QED) is 0.606. The molecule has 1 aromatic heterocycles. The van der Waals surface area contributed by atoms with Crippen molar-refractivity contribution < 1.29 is 19.0 Å². The summed E-state index contributed by atoms with van der Waals surface area (Å²) in [5.41, 5.74) is 1.97. The van der Waals surface area contributed by atoms with Gasteiger partial charge in [0.15, 0.2) is 5.82 Å². The number of hydrogen-bond acceptors (Lipinski definition) is 5. The summed E-state index contributed by atoms with van der Waals surface area (Å²) in [4.78, 5) is 27.8. The Morgan fingerprint density at radius 3 is 2.78 bits per heavy atom. The van der Waals surface area contributed by atoms with Crippen molar-refractivity contribution >= 4 is 40.2 Å². The van der Waals surface area contributed by atoms with Gasteiger partial charge in [0, 0.05) is 37.7 Å². The molecule has 2 fully saturated rings. The van der Waals surface area contributed by atoms with Crippen molar-refractivity contribution in [3.8, 4) is 0 Å². The summed E-state index contributed by atoms with van der Waals surface area (Å²) in [7, 11) is 1.77. The van der Waals surface area contributed by atoms with Gasteiger partial charge in [0.1, 0.15) is 11.3 Å². The number of guanidine groups is 1. The third-order valence-corrected chi connectivity index (χ3v) is 7.83. The third kappa shape index (κ3) is 4.39. The first-order chi connectivity index (χ1) is 17.2. The van der Waals surface area contributed by atoms with Crippen LogP contribution in [0.15, 0.2) is 22.1 Å². The average Bonchev–Trinajstić information content (AvgIpc) is 3.37. The number of fused-ring (bicyclic) bond motifs is 1. The summed E-state index contributed by atoms with van der Waals surface area (Å²) >= 11 is 6.75. The number of aromatic nitrogens is 2. The van der Waals surface area contributed by atoms with Gasteiger partial charge in [-0.3, -0.25) is 4.79 Å². The van der Waals surface area contributed by atoms with Gasteiger partial charge in [0.05, 0.1) is 41.4 Å². The van der Waals surface area contributed by atoms with Gasteiger partial charge >= 0.3 is 0 Å². The Labute approximate surface area is 214 Å². The Bertz CT molecular complexity index is 1240. The molecule has 1 amide bonds. The summed E-state index contributed by atoms with van der Waals surface area (Å²) in [6.45, 7) is 6.71. The summed E-state index contributed by atoms with van der Waals surface area (Å²) in [6.07, 6.45) is 0.988. The zero-order chi connectivity index (χ0) is 25.7. The van der Waals surface area contributed by atoms with E-state index < -0.39 is 17.3 Å². The highest BCUT2D eigenvalue weighted by atomic mass is 35.5. The van der Waals surface area contributed by atoms with Gasteiger partial charge in [-0.2, -0.15) is 0 Å². The molecule has 0 bridgehead atoms. The fourth-order valence-corrected chi connectivity index (χ4v) is 5.47. The summed E-state index contributed by atoms with van der Waals surface area (Å²) < 4.78 is 22.8. The molecule has 194 valence electrons. The highest BCUT2D eigenvalue weighted by Crippen LogP contribution is 2.36. The van der Waals surface area contributed by atoms with E-state index in [-0.39, 0.29) is 42.2 Å². The van der Waals surface area contributed by atoms with Crippen LogP contribution in [0.25, 0.3) is 11.0 Å². The highest BCUT2D eigenvalue weighted by molar-refractivity contribution is 6.37. The second-order valence-corrected chi connectivity index (χ2v) is 10.6. The van der Waals surface area contributed by atoms with Crippen molar-refractivity contribution in [1.82, 2.24) is 19.8 Å². The van der Waals surface area contributed by atoms with E-state index in [1.54, 1.807) is 11.9 Å². The van der Waals surface area contributed by atoms with Crippen LogP contribution in [0.5, 0.6) is 0 Å². The minimum absolute atomic E-state index is 0.00318. The van der Waals surface area contributed by atoms with Crippen LogP contribution in [0.2, 0.25) is 0 Å². The molecule has 2 aromatic rings. The van der Waals surface area contributed by atoms with Crippen molar-refractivity contribution in [1.29, 1.82) is 0 Å². The molecule has 0 radical (unpaired) electrons. The number of alkyl halides is 1. The van der Waals surface area contributed by atoms with E-state index in [1.807, 2.05) is 31.4 Å². The van der Waals surface area contributed by atoms with Crippen LogP contribution in [0, 0.1) is 5.82 Å². The molecule has 9 nitrogen and oxygen atoms in total. The number of halogens is 2. The molecule has 0 spiro atoms. The first-order valence-electron chi connectivity index (χ1n) is 12.5. The summed E-state index contributed by atoms with van der Waals surface area (Å²) in [6, 6.07) is 2.55. The molecule has 3 aliphatic heterocycles. The standard InChI is InChI=1S/C25H32ClFN6O3/c1-12(2)33-18-10-14(9-15(27)23(18)30-24(33)17-5-6-20(35)32(17)4)22-21(26)13(3)28-25(31-22)29-16-7-8-36-11-19(16)34/h9-10,12-13,16-17,19,21,34H,5-8,11H2,1-4H3,(H,28,29)/t13?,16-,17+,19-,21?/m1/s1. The normalized spacial score (nSPS) is 30.4. The molecular weight excluding hydrogens is 487 g/mol. The Kier molecular flexibility index (Phi) is 6.78. The first kappa shape index (κ1) is 25.1. The van der Waals surface area contributed by atoms with Gasteiger partial charge in [-0.15, -0.1) is 11.6 Å². The van der Waals surface area contributed by atoms with Gasteiger partial charge < -0.3 is 24.6 Å². The van der Waals surface area contributed by atoms with Crippen molar-refractivity contribution in [2.45, 2.75) is 75.7 Å². The number of nitrogens with one attached hydrogen (secondary N) is 1. The maximum Gasteiger partial charge on any atom is 0.223 e. The zero-order valence-corrected chi connectivity index (χ0v) is 21.7. The van der Waals surface area contributed by atoms with E-state index >= 15 is 4.39 Å². The minimum Gasteiger partial charge on any atom is -0.388 e. The number of carbonyl (C=O) groups is 1. The Balaban J connectivity index is 1.60. The van der Waals surface area contributed by atoms with Crippen LogP contribution < -0.4 is 5.32 Å². The largest absolute Gasteiger partial charge is 0.388 e. The lowest BCUT2D eigenvalue weighted by atomic mass is 10.0. The summed E-state index contributed by atoms with van der Waals surface area (Å²) in [5, 5.41) is 12.9. The lowest BCUT2D eigenvalue weighted by molar-refractivity contribution is -0.127. The Morgan fingerprint density at radius 1 is 1.33 bits per heavy atom. The SMILES string of the molecule is CC1NC(=N[C@@H]2CCOC[C@H]2O)N=C(c2cc(F)c3nc([C@@H]4CCC(=O)N4C)n(C(C)C)c3c2)C1Cl.